The molecule has 2 fully saturated rings. The van der Waals surface area contributed by atoms with Crippen LogP contribution < -0.4 is 0 Å². The number of aliphatic hydroxyl groups is 1. The maximum absolute atomic E-state index is 12.3. The molecule has 0 aromatic heterocycles. The molecule has 1 saturated heterocycles. The van der Waals surface area contributed by atoms with E-state index in [2.05, 4.69) is 6.08 Å². The molecule has 1 aliphatic heterocycles. The number of likely N-dealkylation sites (tertiary alicyclic amines) is 1. The molecule has 0 aromatic rings. The van der Waals surface area contributed by atoms with E-state index in [1.54, 1.807) is 0 Å². The Morgan fingerprint density at radius 3 is 2.79 bits per heavy atom. The number of rotatable bonds is 3. The molecule has 1 heterocycles. The van der Waals surface area contributed by atoms with Crippen molar-refractivity contribution in [2.45, 2.75) is 63.4 Å². The predicted octanol–water partition coefficient (Wildman–Crippen LogP) is 2.64. The molecular formula is C16H25NO2. The van der Waals surface area contributed by atoms with Crippen molar-refractivity contribution in [2.75, 3.05) is 13.1 Å². The zero-order valence-electron chi connectivity index (χ0n) is 11.7. The maximum Gasteiger partial charge on any atom is 0.222 e. The van der Waals surface area contributed by atoms with E-state index >= 15 is 0 Å². The Morgan fingerprint density at radius 2 is 2.11 bits per heavy atom. The van der Waals surface area contributed by atoms with Gasteiger partial charge in [0.2, 0.25) is 5.91 Å². The van der Waals surface area contributed by atoms with Gasteiger partial charge in [0.05, 0.1) is 5.60 Å². The van der Waals surface area contributed by atoms with Crippen LogP contribution in [0.15, 0.2) is 11.6 Å². The Bertz CT molecular complexity index is 384. The lowest BCUT2D eigenvalue weighted by Crippen LogP contribution is -2.39. The molecule has 3 rings (SSSR count). The molecule has 2 aliphatic carbocycles. The lowest BCUT2D eigenvalue weighted by atomic mass is 9.81. The van der Waals surface area contributed by atoms with Crippen LogP contribution in [0.2, 0.25) is 0 Å². The molecule has 0 bridgehead atoms. The van der Waals surface area contributed by atoms with E-state index in [4.69, 9.17) is 0 Å². The van der Waals surface area contributed by atoms with Crippen LogP contribution >= 0.6 is 0 Å². The Balaban J connectivity index is 1.67. The van der Waals surface area contributed by atoms with Crippen LogP contribution in [0.5, 0.6) is 0 Å². The average Bonchev–Trinajstić information content (AvgIpc) is 3.10. The molecule has 0 unspecified atom stereocenters. The fourth-order valence-electron chi connectivity index (χ4n) is 4.13. The largest absolute Gasteiger partial charge is 0.385 e. The second-order valence-electron chi connectivity index (χ2n) is 6.43. The SMILES string of the molecule is O=C(C[C@H]1CCC[C@]1(O)C1=CCCC1)N1CCCC1. The first-order valence-electron chi connectivity index (χ1n) is 7.90. The third kappa shape index (κ3) is 2.45. The summed E-state index contributed by atoms with van der Waals surface area (Å²) >= 11 is 0. The molecular weight excluding hydrogens is 238 g/mol. The van der Waals surface area contributed by atoms with Gasteiger partial charge in [-0.25, -0.2) is 0 Å². The first-order valence-corrected chi connectivity index (χ1v) is 7.90. The molecule has 3 aliphatic rings. The molecule has 0 aromatic carbocycles. The summed E-state index contributed by atoms with van der Waals surface area (Å²) in [6.45, 7) is 1.85. The van der Waals surface area contributed by atoms with Gasteiger partial charge in [0.25, 0.3) is 0 Å². The van der Waals surface area contributed by atoms with Crippen molar-refractivity contribution in [3.05, 3.63) is 11.6 Å². The second kappa shape index (κ2) is 5.28. The summed E-state index contributed by atoms with van der Waals surface area (Å²) in [5.41, 5.74) is 0.565. The highest BCUT2D eigenvalue weighted by Gasteiger charge is 2.45. The van der Waals surface area contributed by atoms with Gasteiger partial charge in [0.15, 0.2) is 0 Å². The molecule has 0 radical (unpaired) electrons. The van der Waals surface area contributed by atoms with Crippen LogP contribution in [0.25, 0.3) is 0 Å². The van der Waals surface area contributed by atoms with Crippen molar-refractivity contribution in [1.29, 1.82) is 0 Å². The quantitative estimate of drug-likeness (QED) is 0.795. The zero-order valence-corrected chi connectivity index (χ0v) is 11.7. The van der Waals surface area contributed by atoms with Gasteiger partial charge in [-0.3, -0.25) is 4.79 Å². The van der Waals surface area contributed by atoms with E-state index in [9.17, 15) is 9.90 Å². The fraction of sp³-hybridized carbons (Fsp3) is 0.812. The standard InChI is InChI=1S/C16H25NO2/c18-15(17-10-3-4-11-17)12-14-8-5-9-16(14,19)13-6-1-2-7-13/h6,14,19H,1-5,7-12H2/t14-,16+/m1/s1. The van der Waals surface area contributed by atoms with Crippen molar-refractivity contribution >= 4 is 5.91 Å². The summed E-state index contributed by atoms with van der Waals surface area (Å²) in [5.74, 6) is 0.423. The van der Waals surface area contributed by atoms with Crippen molar-refractivity contribution < 1.29 is 9.90 Å². The summed E-state index contributed by atoms with van der Waals surface area (Å²) in [7, 11) is 0. The molecule has 1 N–H and O–H groups in total. The maximum atomic E-state index is 12.3. The first kappa shape index (κ1) is 13.2. The van der Waals surface area contributed by atoms with E-state index in [0.29, 0.717) is 6.42 Å². The molecule has 1 saturated carbocycles. The van der Waals surface area contributed by atoms with Gasteiger partial charge in [-0.2, -0.15) is 0 Å². The van der Waals surface area contributed by atoms with Crippen molar-refractivity contribution in [2.24, 2.45) is 5.92 Å². The topological polar surface area (TPSA) is 40.5 Å². The van der Waals surface area contributed by atoms with Crippen molar-refractivity contribution in [3.63, 3.8) is 0 Å². The van der Waals surface area contributed by atoms with Gasteiger partial charge in [-0.15, -0.1) is 0 Å². The molecule has 3 heteroatoms. The van der Waals surface area contributed by atoms with Gasteiger partial charge >= 0.3 is 0 Å². The minimum absolute atomic E-state index is 0.157. The van der Waals surface area contributed by atoms with Gasteiger partial charge < -0.3 is 10.0 Å². The smallest absolute Gasteiger partial charge is 0.222 e. The van der Waals surface area contributed by atoms with Gasteiger partial charge in [0, 0.05) is 25.4 Å². The number of carbonyl (C=O) groups excluding carboxylic acids is 1. The molecule has 3 nitrogen and oxygen atoms in total. The highest BCUT2D eigenvalue weighted by molar-refractivity contribution is 5.77. The summed E-state index contributed by atoms with van der Waals surface area (Å²) in [5, 5.41) is 11.0. The number of allylic oxidation sites excluding steroid dienone is 1. The van der Waals surface area contributed by atoms with Gasteiger partial charge in [0.1, 0.15) is 0 Å². The van der Waals surface area contributed by atoms with Crippen LogP contribution in [0.3, 0.4) is 0 Å². The van der Waals surface area contributed by atoms with Crippen LogP contribution in [0.4, 0.5) is 0 Å². The molecule has 2 atom stereocenters. The minimum atomic E-state index is -0.661. The lowest BCUT2D eigenvalue weighted by molar-refractivity contribution is -0.132. The highest BCUT2D eigenvalue weighted by Crippen LogP contribution is 2.46. The summed E-state index contributed by atoms with van der Waals surface area (Å²) in [6, 6.07) is 0. The molecule has 19 heavy (non-hydrogen) atoms. The third-order valence-electron chi connectivity index (χ3n) is 5.26. The van der Waals surface area contributed by atoms with E-state index in [1.807, 2.05) is 4.90 Å². The van der Waals surface area contributed by atoms with Crippen LogP contribution in [0, 0.1) is 5.92 Å². The van der Waals surface area contributed by atoms with E-state index < -0.39 is 5.60 Å². The van der Waals surface area contributed by atoms with Crippen LogP contribution in [-0.2, 0) is 4.79 Å². The number of carbonyl (C=O) groups is 1. The Hall–Kier alpha value is -0.830. The minimum Gasteiger partial charge on any atom is -0.385 e. The fourth-order valence-corrected chi connectivity index (χ4v) is 4.13. The Morgan fingerprint density at radius 1 is 1.32 bits per heavy atom. The normalized spacial score (nSPS) is 34.9. The van der Waals surface area contributed by atoms with Gasteiger partial charge in [-0.1, -0.05) is 6.08 Å². The predicted molar refractivity (Wildman–Crippen MR) is 74.7 cm³/mol. The average molecular weight is 263 g/mol. The first-order chi connectivity index (χ1) is 9.20. The summed E-state index contributed by atoms with van der Waals surface area (Å²) in [6.07, 6.45) is 11.3. The van der Waals surface area contributed by atoms with E-state index in [0.717, 1.165) is 58.0 Å². The highest BCUT2D eigenvalue weighted by atomic mass is 16.3. The van der Waals surface area contributed by atoms with Crippen LogP contribution in [-0.4, -0.2) is 34.6 Å². The Labute approximate surface area is 115 Å². The van der Waals surface area contributed by atoms with E-state index in [-0.39, 0.29) is 11.8 Å². The number of nitrogens with zero attached hydrogens (tertiary/aromatic N) is 1. The molecule has 106 valence electrons. The summed E-state index contributed by atoms with van der Waals surface area (Å²) < 4.78 is 0. The molecule has 1 amide bonds. The number of hydrogen-bond donors (Lipinski definition) is 1. The van der Waals surface area contributed by atoms with Crippen molar-refractivity contribution in [3.8, 4) is 0 Å². The molecule has 0 spiro atoms. The van der Waals surface area contributed by atoms with Crippen LogP contribution in [0.1, 0.15) is 57.8 Å². The lowest BCUT2D eigenvalue weighted by Gasteiger charge is -2.32. The second-order valence-corrected chi connectivity index (χ2v) is 6.43. The Kier molecular flexibility index (Phi) is 3.66. The monoisotopic (exact) mass is 263 g/mol. The summed E-state index contributed by atoms with van der Waals surface area (Å²) in [4.78, 5) is 14.3. The zero-order chi connectivity index (χ0) is 13.3. The van der Waals surface area contributed by atoms with Gasteiger partial charge in [-0.05, 0) is 56.9 Å². The number of amides is 1. The van der Waals surface area contributed by atoms with E-state index in [1.165, 1.54) is 12.0 Å². The van der Waals surface area contributed by atoms with Crippen molar-refractivity contribution in [1.82, 2.24) is 4.90 Å². The number of hydrogen-bond acceptors (Lipinski definition) is 2. The third-order valence-corrected chi connectivity index (χ3v) is 5.26.